The van der Waals surface area contributed by atoms with Crippen LogP contribution in [0.4, 0.5) is 4.39 Å². The summed E-state index contributed by atoms with van der Waals surface area (Å²) in [4.78, 5) is 6.94. The van der Waals surface area contributed by atoms with Gasteiger partial charge in [-0.25, -0.2) is 17.8 Å². The first-order valence-corrected chi connectivity index (χ1v) is 12.1. The van der Waals surface area contributed by atoms with Crippen LogP contribution in [0.15, 0.2) is 23.2 Å². The summed E-state index contributed by atoms with van der Waals surface area (Å²) in [5.74, 6) is 0.103. The van der Waals surface area contributed by atoms with Gasteiger partial charge in [0.2, 0.25) is 0 Å². The maximum Gasteiger partial charge on any atom is 0.191 e. The molecule has 0 bridgehead atoms. The predicted octanol–water partition coefficient (Wildman–Crippen LogP) is 1.54. The predicted molar refractivity (Wildman–Crippen MR) is 114 cm³/mol. The molecule has 1 fully saturated rings. The van der Waals surface area contributed by atoms with E-state index in [1.54, 1.807) is 7.11 Å². The van der Waals surface area contributed by atoms with Crippen LogP contribution in [-0.2, 0) is 26.9 Å². The van der Waals surface area contributed by atoms with Gasteiger partial charge in [0.1, 0.15) is 5.82 Å². The van der Waals surface area contributed by atoms with Gasteiger partial charge in [-0.05, 0) is 43.0 Å². The molecule has 1 aromatic rings. The van der Waals surface area contributed by atoms with Gasteiger partial charge in [0.15, 0.2) is 15.8 Å². The number of sulfone groups is 1. The van der Waals surface area contributed by atoms with Gasteiger partial charge in [0, 0.05) is 45.6 Å². The molecule has 0 spiro atoms. The van der Waals surface area contributed by atoms with E-state index < -0.39 is 15.7 Å². The summed E-state index contributed by atoms with van der Waals surface area (Å²) in [6.07, 6.45) is 3.64. The van der Waals surface area contributed by atoms with Crippen LogP contribution in [0.3, 0.4) is 0 Å². The van der Waals surface area contributed by atoms with E-state index in [2.05, 4.69) is 20.5 Å². The Kier molecular flexibility index (Phi) is 9.32. The van der Waals surface area contributed by atoms with Gasteiger partial charge in [0.05, 0.1) is 18.9 Å². The molecule has 0 radical (unpaired) electrons. The van der Waals surface area contributed by atoms with Crippen molar-refractivity contribution in [2.75, 3.05) is 46.2 Å². The van der Waals surface area contributed by atoms with E-state index in [4.69, 9.17) is 4.74 Å². The van der Waals surface area contributed by atoms with Crippen molar-refractivity contribution in [3.05, 3.63) is 35.1 Å². The number of rotatable bonds is 12. The number of benzene rings is 1. The molecule has 1 aliphatic rings. The zero-order chi connectivity index (χ0) is 21.3. The number of ether oxygens (including phenoxy) is 1. The highest BCUT2D eigenvalue weighted by Crippen LogP contribution is 2.26. The monoisotopic (exact) mass is 428 g/mol. The highest BCUT2D eigenvalue weighted by molar-refractivity contribution is 7.89. The Hall–Kier alpha value is -1.71. The van der Waals surface area contributed by atoms with Crippen LogP contribution in [0.1, 0.15) is 30.9 Å². The van der Waals surface area contributed by atoms with E-state index in [9.17, 15) is 12.8 Å². The van der Waals surface area contributed by atoms with Crippen LogP contribution in [0.25, 0.3) is 0 Å². The zero-order valence-electron chi connectivity index (χ0n) is 17.6. The van der Waals surface area contributed by atoms with Crippen molar-refractivity contribution in [3.63, 3.8) is 0 Å². The average Bonchev–Trinajstić information content (AvgIpc) is 3.48. The van der Waals surface area contributed by atoms with Crippen molar-refractivity contribution in [2.45, 2.75) is 38.1 Å². The summed E-state index contributed by atoms with van der Waals surface area (Å²) in [6.45, 7) is 6.11. The molecule has 1 saturated carbocycles. The molecule has 1 aliphatic carbocycles. The fourth-order valence-corrected chi connectivity index (χ4v) is 3.96. The number of hydrogen-bond acceptors (Lipinski definition) is 5. The summed E-state index contributed by atoms with van der Waals surface area (Å²) in [7, 11) is -1.50. The van der Waals surface area contributed by atoms with Gasteiger partial charge >= 0.3 is 0 Å². The fourth-order valence-electron chi connectivity index (χ4n) is 3.11. The maximum absolute atomic E-state index is 13.7. The van der Waals surface area contributed by atoms with Gasteiger partial charge < -0.3 is 15.4 Å². The summed E-state index contributed by atoms with van der Waals surface area (Å²) < 4.78 is 42.2. The standard InChI is InChI=1S/C20H33FN4O3S/c1-4-22-20(23-9-10-25(11-12-28-2)19-7-8-19)24-14-17-13-18(21)6-5-16(17)15-29(3,26)27/h5-6,13,19H,4,7-12,14-15H2,1-3H3,(H2,22,23,24). The normalized spacial score (nSPS) is 15.0. The molecule has 0 aromatic heterocycles. The van der Waals surface area contributed by atoms with Crippen LogP contribution in [0, 0.1) is 5.82 Å². The lowest BCUT2D eigenvalue weighted by molar-refractivity contribution is 0.144. The van der Waals surface area contributed by atoms with Crippen LogP contribution in [0.5, 0.6) is 0 Å². The maximum atomic E-state index is 13.7. The van der Waals surface area contributed by atoms with Crippen LogP contribution in [0.2, 0.25) is 0 Å². The Morgan fingerprint density at radius 3 is 2.66 bits per heavy atom. The van der Waals surface area contributed by atoms with Gasteiger partial charge in [-0.1, -0.05) is 6.07 Å². The smallest absolute Gasteiger partial charge is 0.191 e. The average molecular weight is 429 g/mol. The van der Waals surface area contributed by atoms with E-state index in [0.717, 1.165) is 19.6 Å². The Bertz CT molecular complexity index is 782. The second kappa shape index (κ2) is 11.5. The molecule has 2 N–H and O–H groups in total. The fraction of sp³-hybridized carbons (Fsp3) is 0.650. The van der Waals surface area contributed by atoms with E-state index in [-0.39, 0.29) is 12.3 Å². The SMILES string of the molecule is CCNC(=NCc1cc(F)ccc1CS(C)(=O)=O)NCCN(CCOC)C1CC1. The molecule has 0 unspecified atom stereocenters. The Morgan fingerprint density at radius 1 is 1.28 bits per heavy atom. The minimum absolute atomic E-state index is 0.127. The van der Waals surface area contributed by atoms with E-state index in [0.29, 0.717) is 36.3 Å². The zero-order valence-corrected chi connectivity index (χ0v) is 18.4. The summed E-state index contributed by atoms with van der Waals surface area (Å²) in [6, 6.07) is 4.80. The lowest BCUT2D eigenvalue weighted by Gasteiger charge is -2.22. The molecule has 0 saturated heterocycles. The molecule has 164 valence electrons. The summed E-state index contributed by atoms with van der Waals surface area (Å²) in [5.41, 5.74) is 1.15. The van der Waals surface area contributed by atoms with Crippen molar-refractivity contribution < 1.29 is 17.5 Å². The molecular formula is C20H33FN4O3S. The number of methoxy groups -OCH3 is 1. The topological polar surface area (TPSA) is 83.0 Å². The van der Waals surface area contributed by atoms with Crippen molar-refractivity contribution in [2.24, 2.45) is 4.99 Å². The number of nitrogens with zero attached hydrogens (tertiary/aromatic N) is 2. The van der Waals surface area contributed by atoms with Crippen LogP contribution < -0.4 is 10.6 Å². The number of halogens is 1. The number of aliphatic imine (C=N–C) groups is 1. The second-order valence-corrected chi connectivity index (χ2v) is 9.51. The summed E-state index contributed by atoms with van der Waals surface area (Å²) >= 11 is 0. The second-order valence-electron chi connectivity index (χ2n) is 7.37. The Morgan fingerprint density at radius 2 is 2.03 bits per heavy atom. The molecular weight excluding hydrogens is 395 g/mol. The minimum Gasteiger partial charge on any atom is -0.383 e. The molecule has 0 heterocycles. The quantitative estimate of drug-likeness (QED) is 0.388. The number of nitrogens with one attached hydrogen (secondary N) is 2. The lowest BCUT2D eigenvalue weighted by Crippen LogP contribution is -2.42. The Balaban J connectivity index is 1.98. The molecule has 0 amide bonds. The van der Waals surface area contributed by atoms with Crippen molar-refractivity contribution in [3.8, 4) is 0 Å². The largest absolute Gasteiger partial charge is 0.383 e. The third-order valence-corrected chi connectivity index (χ3v) is 5.51. The summed E-state index contributed by atoms with van der Waals surface area (Å²) in [5, 5.41) is 6.49. The van der Waals surface area contributed by atoms with Gasteiger partial charge in [0.25, 0.3) is 0 Å². The minimum atomic E-state index is -3.21. The lowest BCUT2D eigenvalue weighted by atomic mass is 10.1. The van der Waals surface area contributed by atoms with Crippen molar-refractivity contribution in [1.82, 2.24) is 15.5 Å². The molecule has 1 aromatic carbocycles. The third kappa shape index (κ3) is 9.10. The van der Waals surface area contributed by atoms with Crippen molar-refractivity contribution >= 4 is 15.8 Å². The first-order chi connectivity index (χ1) is 13.8. The Labute approximate surface area is 173 Å². The highest BCUT2D eigenvalue weighted by Gasteiger charge is 2.28. The van der Waals surface area contributed by atoms with E-state index >= 15 is 0 Å². The molecule has 29 heavy (non-hydrogen) atoms. The highest BCUT2D eigenvalue weighted by atomic mass is 32.2. The first-order valence-electron chi connectivity index (χ1n) is 10.0. The number of guanidine groups is 1. The van der Waals surface area contributed by atoms with Gasteiger partial charge in [-0.15, -0.1) is 0 Å². The molecule has 0 aliphatic heterocycles. The van der Waals surface area contributed by atoms with E-state index in [1.165, 1.54) is 37.3 Å². The van der Waals surface area contributed by atoms with Crippen LogP contribution >= 0.6 is 0 Å². The van der Waals surface area contributed by atoms with Crippen molar-refractivity contribution in [1.29, 1.82) is 0 Å². The first kappa shape index (κ1) is 23.6. The van der Waals surface area contributed by atoms with E-state index in [1.807, 2.05) is 6.92 Å². The molecule has 9 heteroatoms. The van der Waals surface area contributed by atoms with Gasteiger partial charge in [-0.3, -0.25) is 4.90 Å². The number of hydrogen-bond donors (Lipinski definition) is 2. The molecule has 7 nitrogen and oxygen atoms in total. The van der Waals surface area contributed by atoms with Gasteiger partial charge in [-0.2, -0.15) is 0 Å². The van der Waals surface area contributed by atoms with Crippen LogP contribution in [-0.4, -0.2) is 71.5 Å². The molecule has 0 atom stereocenters. The molecule has 2 rings (SSSR count). The third-order valence-electron chi connectivity index (χ3n) is 4.68.